The second-order valence-electron chi connectivity index (χ2n) is 13.7. The van der Waals surface area contributed by atoms with Gasteiger partial charge in [-0.2, -0.15) is 0 Å². The second kappa shape index (κ2) is 18.7. The van der Waals surface area contributed by atoms with Crippen LogP contribution in [-0.4, -0.2) is 109 Å². The molecule has 0 bridgehead atoms. The van der Waals surface area contributed by atoms with E-state index >= 15 is 0 Å². The number of nitrogens with one attached hydrogen (secondary N) is 3. The van der Waals surface area contributed by atoms with Gasteiger partial charge >= 0.3 is 5.97 Å². The second-order valence-corrected chi connectivity index (χ2v) is 13.7. The minimum Gasteiger partial charge on any atom is -0.468 e. The molecule has 4 rings (SSSR count). The number of ether oxygens (including phenoxy) is 1. The van der Waals surface area contributed by atoms with Crippen LogP contribution in [0.1, 0.15) is 56.6 Å². The smallest absolute Gasteiger partial charge is 0.325 e. The van der Waals surface area contributed by atoms with Gasteiger partial charge in [-0.1, -0.05) is 67.2 Å². The van der Waals surface area contributed by atoms with Crippen LogP contribution >= 0.6 is 0 Å². The predicted molar refractivity (Wildman–Crippen MR) is 198 cm³/mol. The summed E-state index contributed by atoms with van der Waals surface area (Å²) in [6.45, 7) is 7.23. The van der Waals surface area contributed by atoms with E-state index in [9.17, 15) is 24.0 Å². The van der Waals surface area contributed by atoms with Crippen LogP contribution in [0.4, 0.5) is 0 Å². The van der Waals surface area contributed by atoms with Crippen molar-refractivity contribution >= 4 is 35.2 Å². The highest BCUT2D eigenvalue weighted by Gasteiger charge is 2.43. The summed E-state index contributed by atoms with van der Waals surface area (Å²) in [5.74, 6) is -2.32. The van der Waals surface area contributed by atoms with E-state index < -0.39 is 53.4 Å². The molecule has 2 heterocycles. The van der Waals surface area contributed by atoms with E-state index in [-0.39, 0.29) is 51.0 Å². The number of carbonyl (C=O) groups is 5. The van der Waals surface area contributed by atoms with Crippen LogP contribution in [0.25, 0.3) is 5.57 Å². The number of rotatable bonds is 16. The van der Waals surface area contributed by atoms with E-state index in [0.717, 1.165) is 5.56 Å². The van der Waals surface area contributed by atoms with Gasteiger partial charge in [-0.3, -0.25) is 24.0 Å². The number of benzene rings is 2. The molecule has 2 fully saturated rings. The highest BCUT2D eigenvalue weighted by Crippen LogP contribution is 2.25. The number of nitrogens with two attached hydrogens (primary N) is 3. The molecule has 14 heteroatoms. The van der Waals surface area contributed by atoms with Crippen LogP contribution < -0.4 is 33.2 Å². The van der Waals surface area contributed by atoms with Gasteiger partial charge in [-0.25, -0.2) is 0 Å². The zero-order valence-electron chi connectivity index (χ0n) is 30.2. The number of hydrogen-bond acceptors (Lipinski definition) is 10. The lowest BCUT2D eigenvalue weighted by atomic mass is 9.88. The summed E-state index contributed by atoms with van der Waals surface area (Å²) in [4.78, 5) is 71.0. The van der Waals surface area contributed by atoms with E-state index in [1.165, 1.54) is 12.0 Å². The van der Waals surface area contributed by atoms with Gasteiger partial charge in [0.15, 0.2) is 0 Å². The Morgan fingerprint density at radius 2 is 1.58 bits per heavy atom. The van der Waals surface area contributed by atoms with Gasteiger partial charge in [-0.05, 0) is 75.1 Å². The van der Waals surface area contributed by atoms with Crippen molar-refractivity contribution in [3.8, 4) is 0 Å². The van der Waals surface area contributed by atoms with Crippen LogP contribution in [0.2, 0.25) is 0 Å². The zero-order chi connectivity index (χ0) is 37.8. The Kier molecular flexibility index (Phi) is 14.5. The van der Waals surface area contributed by atoms with E-state index in [1.54, 1.807) is 17.0 Å². The zero-order valence-corrected chi connectivity index (χ0v) is 30.2. The van der Waals surface area contributed by atoms with Crippen LogP contribution in [0, 0.1) is 0 Å². The summed E-state index contributed by atoms with van der Waals surface area (Å²) < 4.78 is 4.86. The largest absolute Gasteiger partial charge is 0.468 e. The maximum absolute atomic E-state index is 14.4. The third-order valence-electron chi connectivity index (χ3n) is 9.81. The summed E-state index contributed by atoms with van der Waals surface area (Å²) in [5, 5.41) is 8.88. The van der Waals surface area contributed by atoms with E-state index in [2.05, 4.69) is 22.5 Å². The average Bonchev–Trinajstić information content (AvgIpc) is 3.65. The molecule has 9 N–H and O–H groups in total. The summed E-state index contributed by atoms with van der Waals surface area (Å²) >= 11 is 0. The molecule has 0 aliphatic carbocycles. The Morgan fingerprint density at radius 1 is 0.942 bits per heavy atom. The van der Waals surface area contributed by atoms with Crippen molar-refractivity contribution in [2.75, 3.05) is 33.3 Å². The fraction of sp³-hybridized carbons (Fsp3) is 0.500. The lowest BCUT2D eigenvalue weighted by Gasteiger charge is -2.38. The molecular formula is C38H54N8O6. The molecule has 2 aliphatic rings. The number of esters is 1. The minimum absolute atomic E-state index is 0.219. The van der Waals surface area contributed by atoms with Crippen LogP contribution in [-0.2, 0) is 35.1 Å². The summed E-state index contributed by atoms with van der Waals surface area (Å²) in [7, 11) is 1.28. The quantitative estimate of drug-likeness (QED) is 0.0798. The Labute approximate surface area is 305 Å². The molecule has 2 aromatic carbocycles. The maximum Gasteiger partial charge on any atom is 0.325 e. The first-order valence-electron chi connectivity index (χ1n) is 17.9. The summed E-state index contributed by atoms with van der Waals surface area (Å²) in [5.41, 5.74) is 19.1. The first-order chi connectivity index (χ1) is 24.8. The number of likely N-dealkylation sites (tertiary alicyclic amines) is 2. The molecule has 4 amide bonds. The van der Waals surface area contributed by atoms with Crippen molar-refractivity contribution in [3.05, 3.63) is 78.4 Å². The third-order valence-corrected chi connectivity index (χ3v) is 9.81. The minimum atomic E-state index is -1.19. The lowest BCUT2D eigenvalue weighted by molar-refractivity contribution is -0.151. The Bertz CT molecular complexity index is 1550. The van der Waals surface area contributed by atoms with E-state index in [4.69, 9.17) is 21.9 Å². The van der Waals surface area contributed by atoms with Crippen molar-refractivity contribution in [3.63, 3.8) is 0 Å². The number of hydrogen-bond donors (Lipinski definition) is 6. The Morgan fingerprint density at radius 3 is 2.19 bits per heavy atom. The number of nitrogens with zero attached hydrogens (tertiary/aromatic N) is 2. The van der Waals surface area contributed by atoms with Crippen molar-refractivity contribution < 1.29 is 28.7 Å². The number of carbonyl (C=O) groups excluding carboxylic acids is 5. The van der Waals surface area contributed by atoms with Crippen LogP contribution in [0.15, 0.2) is 67.2 Å². The van der Waals surface area contributed by atoms with Crippen molar-refractivity contribution in [1.82, 2.24) is 25.8 Å². The molecule has 0 radical (unpaired) electrons. The standard InChI is InChI=1S/C38H54N8O6/c1-25(28-14-8-5-9-15-28)32(44-33(47)29(40)24-27-12-6-4-7-13-27)36(50)46-21-11-17-31(46)34(48)43-30(16-10-20-42-26(2)39)35(49)45-22-18-38(41,19-23-45)37(51)52-3/h4-9,12-15,26,29-32,42H,1,10-11,16-24,39-41H2,2-3H3,(H,43,48)(H,44,47)/t26?,29-,30-,31-,32-/m1/s1. The van der Waals surface area contributed by atoms with E-state index in [0.29, 0.717) is 43.4 Å². The normalized spacial score (nSPS) is 19.1. The fourth-order valence-electron chi connectivity index (χ4n) is 6.71. The van der Waals surface area contributed by atoms with Gasteiger partial charge in [0.1, 0.15) is 23.7 Å². The van der Waals surface area contributed by atoms with Crippen LogP contribution in [0.5, 0.6) is 0 Å². The Balaban J connectivity index is 1.51. The molecule has 52 heavy (non-hydrogen) atoms. The molecule has 0 spiro atoms. The summed E-state index contributed by atoms with van der Waals surface area (Å²) in [6, 6.07) is 14.5. The number of piperidine rings is 1. The highest BCUT2D eigenvalue weighted by atomic mass is 16.5. The fourth-order valence-corrected chi connectivity index (χ4v) is 6.71. The first-order valence-corrected chi connectivity index (χ1v) is 17.9. The van der Waals surface area contributed by atoms with E-state index in [1.807, 2.05) is 55.5 Å². The van der Waals surface area contributed by atoms with Crippen LogP contribution in [0.3, 0.4) is 0 Å². The van der Waals surface area contributed by atoms with Gasteiger partial charge < -0.3 is 47.7 Å². The molecule has 5 atom stereocenters. The molecule has 0 aromatic heterocycles. The molecule has 2 aromatic rings. The predicted octanol–water partition coefficient (Wildman–Crippen LogP) is 0.398. The summed E-state index contributed by atoms with van der Waals surface area (Å²) in [6.07, 6.45) is 2.23. The van der Waals surface area contributed by atoms with Crippen molar-refractivity contribution in [2.45, 2.75) is 87.7 Å². The molecule has 1 unspecified atom stereocenters. The third kappa shape index (κ3) is 10.5. The Hall–Kier alpha value is -4.63. The number of amides is 4. The molecule has 14 nitrogen and oxygen atoms in total. The SMILES string of the molecule is C=C(c1ccccc1)[C@@H](NC(=O)[C@H](N)Cc1ccccc1)C(=O)N1CCC[C@@H]1C(=O)N[C@H](CCCNC(C)N)C(=O)N1CCC(N)(C(=O)OC)CC1. The maximum atomic E-state index is 14.4. The van der Waals surface area contributed by atoms with Gasteiger partial charge in [-0.15, -0.1) is 0 Å². The molecular weight excluding hydrogens is 664 g/mol. The van der Waals surface area contributed by atoms with Gasteiger partial charge in [0.25, 0.3) is 0 Å². The molecule has 0 saturated carbocycles. The lowest BCUT2D eigenvalue weighted by Crippen LogP contribution is -2.60. The number of methoxy groups -OCH3 is 1. The van der Waals surface area contributed by atoms with Crippen molar-refractivity contribution in [1.29, 1.82) is 0 Å². The van der Waals surface area contributed by atoms with Gasteiger partial charge in [0.05, 0.1) is 19.3 Å². The molecule has 2 saturated heterocycles. The average molecular weight is 719 g/mol. The van der Waals surface area contributed by atoms with Gasteiger partial charge in [0.2, 0.25) is 23.6 Å². The van der Waals surface area contributed by atoms with Gasteiger partial charge in [0, 0.05) is 19.6 Å². The molecule has 2 aliphatic heterocycles. The topological polar surface area (TPSA) is 215 Å². The first kappa shape index (κ1) is 40.1. The molecule has 282 valence electrons. The monoisotopic (exact) mass is 718 g/mol. The highest BCUT2D eigenvalue weighted by molar-refractivity contribution is 6.01. The van der Waals surface area contributed by atoms with Crippen molar-refractivity contribution in [2.24, 2.45) is 17.2 Å².